The molecule has 1 amide bonds. The molecule has 0 aliphatic carbocycles. The van der Waals surface area contributed by atoms with Crippen LogP contribution in [-0.4, -0.2) is 19.1 Å². The molecule has 7 heteroatoms. The summed E-state index contributed by atoms with van der Waals surface area (Å²) in [5.74, 6) is -2.90. The summed E-state index contributed by atoms with van der Waals surface area (Å²) >= 11 is 5.96. The first-order valence-electron chi connectivity index (χ1n) is 7.28. The molecular weight excluding hydrogens is 340 g/mol. The zero-order chi connectivity index (χ0) is 17.5. The second-order valence-electron chi connectivity index (χ2n) is 4.93. The number of primary amides is 1. The lowest BCUT2D eigenvalue weighted by Gasteiger charge is -2.10. The van der Waals surface area contributed by atoms with E-state index in [0.29, 0.717) is 30.2 Å². The minimum atomic E-state index is -1.18. The molecule has 128 valence electrons. The third kappa shape index (κ3) is 4.58. The van der Waals surface area contributed by atoms with Gasteiger partial charge in [0.1, 0.15) is 17.1 Å². The average Bonchev–Trinajstić information content (AvgIpc) is 2.54. The molecule has 0 bridgehead atoms. The first-order valence-corrected chi connectivity index (χ1v) is 7.66. The molecule has 0 radical (unpaired) electrons. The molecule has 2 rings (SSSR count). The summed E-state index contributed by atoms with van der Waals surface area (Å²) in [5, 5.41) is 0.529. The van der Waals surface area contributed by atoms with Crippen LogP contribution >= 0.6 is 11.6 Å². The lowest BCUT2D eigenvalue weighted by atomic mass is 10.1. The second-order valence-corrected chi connectivity index (χ2v) is 5.34. The van der Waals surface area contributed by atoms with E-state index in [1.165, 1.54) is 0 Å². The molecule has 0 spiro atoms. The standard InChI is InChI=1S/C17H16ClF2NO3/c18-11-5-1-2-6-13(11)23-9-3-4-10-24-14-8-7-12(19)15(16(14)20)17(21)22/h1-2,5-8H,3-4,9-10H2,(H2,21,22). The molecule has 0 saturated carbocycles. The van der Waals surface area contributed by atoms with Crippen LogP contribution in [0.2, 0.25) is 5.02 Å². The van der Waals surface area contributed by atoms with Crippen molar-refractivity contribution in [3.63, 3.8) is 0 Å². The maximum atomic E-state index is 13.9. The minimum Gasteiger partial charge on any atom is -0.492 e. The highest BCUT2D eigenvalue weighted by Gasteiger charge is 2.19. The maximum Gasteiger partial charge on any atom is 0.254 e. The number of amides is 1. The lowest BCUT2D eigenvalue weighted by Crippen LogP contribution is -2.16. The first kappa shape index (κ1) is 18.0. The Morgan fingerprint density at radius 2 is 1.62 bits per heavy atom. The molecule has 2 aromatic rings. The van der Waals surface area contributed by atoms with Crippen LogP contribution < -0.4 is 15.2 Å². The molecule has 0 unspecified atom stereocenters. The normalized spacial score (nSPS) is 10.5. The van der Waals surface area contributed by atoms with Gasteiger partial charge >= 0.3 is 0 Å². The third-order valence-corrected chi connectivity index (χ3v) is 3.50. The van der Waals surface area contributed by atoms with E-state index in [4.69, 9.17) is 26.8 Å². The van der Waals surface area contributed by atoms with Gasteiger partial charge in [0.15, 0.2) is 11.6 Å². The SMILES string of the molecule is NC(=O)c1c(F)ccc(OCCCCOc2ccccc2Cl)c1F. The van der Waals surface area contributed by atoms with Gasteiger partial charge in [-0.25, -0.2) is 8.78 Å². The summed E-state index contributed by atoms with van der Waals surface area (Å²) in [4.78, 5) is 11.0. The number of benzene rings is 2. The van der Waals surface area contributed by atoms with Crippen molar-refractivity contribution in [2.24, 2.45) is 5.73 Å². The highest BCUT2D eigenvalue weighted by molar-refractivity contribution is 6.32. The minimum absolute atomic E-state index is 0.187. The van der Waals surface area contributed by atoms with E-state index in [2.05, 4.69) is 0 Å². The van der Waals surface area contributed by atoms with E-state index in [1.54, 1.807) is 18.2 Å². The fraction of sp³-hybridized carbons (Fsp3) is 0.235. The van der Waals surface area contributed by atoms with Crippen LogP contribution in [-0.2, 0) is 0 Å². The van der Waals surface area contributed by atoms with Crippen molar-refractivity contribution >= 4 is 17.5 Å². The number of rotatable bonds is 8. The number of hydrogen-bond donors (Lipinski definition) is 1. The molecule has 0 aliphatic rings. The molecule has 0 saturated heterocycles. The number of para-hydroxylation sites is 1. The van der Waals surface area contributed by atoms with Crippen LogP contribution in [0.4, 0.5) is 8.78 Å². The Labute approximate surface area is 143 Å². The third-order valence-electron chi connectivity index (χ3n) is 3.19. The van der Waals surface area contributed by atoms with E-state index in [1.807, 2.05) is 6.07 Å². The molecule has 0 heterocycles. The zero-order valence-electron chi connectivity index (χ0n) is 12.7. The van der Waals surface area contributed by atoms with Crippen LogP contribution in [0.25, 0.3) is 0 Å². The topological polar surface area (TPSA) is 61.6 Å². The van der Waals surface area contributed by atoms with Gasteiger partial charge in [-0.15, -0.1) is 0 Å². The van der Waals surface area contributed by atoms with E-state index in [-0.39, 0.29) is 12.4 Å². The Morgan fingerprint density at radius 1 is 1.00 bits per heavy atom. The molecule has 2 aromatic carbocycles. The maximum absolute atomic E-state index is 13.9. The van der Waals surface area contributed by atoms with Crippen LogP contribution in [0.1, 0.15) is 23.2 Å². The molecule has 24 heavy (non-hydrogen) atoms. The highest BCUT2D eigenvalue weighted by Crippen LogP contribution is 2.24. The molecule has 0 fully saturated rings. The summed E-state index contributed by atoms with van der Waals surface area (Å²) in [6.07, 6.45) is 1.23. The fourth-order valence-corrected chi connectivity index (χ4v) is 2.19. The lowest BCUT2D eigenvalue weighted by molar-refractivity contribution is 0.0991. The Balaban J connectivity index is 1.78. The predicted molar refractivity (Wildman–Crippen MR) is 86.6 cm³/mol. The van der Waals surface area contributed by atoms with Gasteiger partial charge in [-0.3, -0.25) is 4.79 Å². The van der Waals surface area contributed by atoms with Gasteiger partial charge < -0.3 is 15.2 Å². The van der Waals surface area contributed by atoms with Crippen LogP contribution in [0.3, 0.4) is 0 Å². The van der Waals surface area contributed by atoms with Gasteiger partial charge in [0.05, 0.1) is 18.2 Å². The van der Waals surface area contributed by atoms with Crippen molar-refractivity contribution in [1.82, 2.24) is 0 Å². The molecule has 0 aromatic heterocycles. The quantitative estimate of drug-likeness (QED) is 0.729. The predicted octanol–water partition coefficient (Wildman–Crippen LogP) is 3.96. The van der Waals surface area contributed by atoms with E-state index >= 15 is 0 Å². The van der Waals surface area contributed by atoms with Gasteiger partial charge in [-0.2, -0.15) is 0 Å². The van der Waals surface area contributed by atoms with Gasteiger partial charge in [0.2, 0.25) is 0 Å². The van der Waals surface area contributed by atoms with Crippen molar-refractivity contribution in [2.45, 2.75) is 12.8 Å². The van der Waals surface area contributed by atoms with Crippen molar-refractivity contribution in [1.29, 1.82) is 0 Å². The number of nitrogens with two attached hydrogens (primary N) is 1. The zero-order valence-corrected chi connectivity index (χ0v) is 13.5. The number of ether oxygens (including phenoxy) is 2. The Morgan fingerprint density at radius 3 is 2.25 bits per heavy atom. The fourth-order valence-electron chi connectivity index (χ4n) is 2.00. The molecule has 0 aliphatic heterocycles. The van der Waals surface area contributed by atoms with Crippen molar-refractivity contribution in [3.8, 4) is 11.5 Å². The molecule has 2 N–H and O–H groups in total. The number of carbonyl (C=O) groups excluding carboxylic acids is 1. The smallest absolute Gasteiger partial charge is 0.254 e. The highest BCUT2D eigenvalue weighted by atomic mass is 35.5. The van der Waals surface area contributed by atoms with Crippen LogP contribution in [0.15, 0.2) is 36.4 Å². The number of halogens is 3. The summed E-state index contributed by atoms with van der Waals surface area (Å²) in [6.45, 7) is 0.609. The average molecular weight is 356 g/mol. The number of unbranched alkanes of at least 4 members (excludes halogenated alkanes) is 1. The van der Waals surface area contributed by atoms with Crippen molar-refractivity contribution < 1.29 is 23.0 Å². The van der Waals surface area contributed by atoms with E-state index in [0.717, 1.165) is 12.1 Å². The summed E-state index contributed by atoms with van der Waals surface area (Å²) in [5.41, 5.74) is 4.15. The van der Waals surface area contributed by atoms with E-state index < -0.39 is 23.1 Å². The van der Waals surface area contributed by atoms with E-state index in [9.17, 15) is 13.6 Å². The van der Waals surface area contributed by atoms with Gasteiger partial charge in [0.25, 0.3) is 5.91 Å². The summed E-state index contributed by atoms with van der Waals surface area (Å²) in [7, 11) is 0. The largest absolute Gasteiger partial charge is 0.492 e. The number of carbonyl (C=O) groups is 1. The summed E-state index contributed by atoms with van der Waals surface area (Å²) < 4.78 is 38.0. The van der Waals surface area contributed by atoms with Crippen LogP contribution in [0, 0.1) is 11.6 Å². The molecule has 4 nitrogen and oxygen atoms in total. The Kier molecular flexibility index (Phi) is 6.37. The van der Waals surface area contributed by atoms with Gasteiger partial charge in [-0.1, -0.05) is 23.7 Å². The summed E-state index contributed by atoms with van der Waals surface area (Å²) in [6, 6.07) is 9.18. The first-order chi connectivity index (χ1) is 11.5. The molecular formula is C17H16ClF2NO3. The van der Waals surface area contributed by atoms with Gasteiger partial charge in [-0.05, 0) is 37.1 Å². The van der Waals surface area contributed by atoms with Crippen LogP contribution in [0.5, 0.6) is 11.5 Å². The van der Waals surface area contributed by atoms with Crippen molar-refractivity contribution in [3.05, 3.63) is 58.6 Å². The van der Waals surface area contributed by atoms with Crippen molar-refractivity contribution in [2.75, 3.05) is 13.2 Å². The van der Waals surface area contributed by atoms with Gasteiger partial charge in [0, 0.05) is 0 Å². The monoisotopic (exact) mass is 355 g/mol. The molecule has 0 atom stereocenters. The Bertz CT molecular complexity index is 725. The Hall–Kier alpha value is -2.34. The number of hydrogen-bond acceptors (Lipinski definition) is 3. The second kappa shape index (κ2) is 8.49.